The number of piperidine rings is 3. The molecule has 5 heterocycles. The van der Waals surface area contributed by atoms with Crippen LogP contribution >= 0.6 is 0 Å². The lowest BCUT2D eigenvalue weighted by Crippen LogP contribution is -2.54. The Morgan fingerprint density at radius 1 is 0.718 bits per heavy atom. The molecule has 0 radical (unpaired) electrons. The minimum absolute atomic E-state index is 0.123. The van der Waals surface area contributed by atoms with Gasteiger partial charge in [-0.2, -0.15) is 0 Å². The SMILES string of the molecule is O=C1CCC(N2C(=O)c3ccc(N4CCC(CN5CCN(CC6CCNCC6)CC5)CC4)cc3C2=O)C(=O)N1. The molecule has 0 aliphatic carbocycles. The molecule has 1 aromatic rings. The number of nitrogens with zero attached hydrogens (tertiary/aromatic N) is 4. The monoisotopic (exact) mass is 536 g/mol. The van der Waals surface area contributed by atoms with Crippen LogP contribution in [-0.4, -0.2) is 110 Å². The molecular weight excluding hydrogens is 496 g/mol. The zero-order chi connectivity index (χ0) is 26.9. The third kappa shape index (κ3) is 5.60. The number of fused-ring (bicyclic) bond motifs is 1. The first-order valence-electron chi connectivity index (χ1n) is 14.7. The lowest BCUT2D eigenvalue weighted by Gasteiger charge is -2.40. The Balaban J connectivity index is 0.995. The van der Waals surface area contributed by atoms with Gasteiger partial charge in [0.15, 0.2) is 0 Å². The minimum Gasteiger partial charge on any atom is -0.371 e. The maximum absolute atomic E-state index is 13.2. The van der Waals surface area contributed by atoms with Gasteiger partial charge in [0.25, 0.3) is 11.8 Å². The van der Waals surface area contributed by atoms with E-state index in [4.69, 9.17) is 0 Å². The van der Waals surface area contributed by atoms with Crippen molar-refractivity contribution in [3.63, 3.8) is 0 Å². The molecule has 10 nitrogen and oxygen atoms in total. The van der Waals surface area contributed by atoms with Gasteiger partial charge in [-0.15, -0.1) is 0 Å². The molecule has 6 rings (SSSR count). The summed E-state index contributed by atoms with van der Waals surface area (Å²) < 4.78 is 0. The van der Waals surface area contributed by atoms with Crippen LogP contribution in [0, 0.1) is 11.8 Å². The quantitative estimate of drug-likeness (QED) is 0.518. The Labute approximate surface area is 230 Å². The summed E-state index contributed by atoms with van der Waals surface area (Å²) in [6, 6.07) is 4.51. The second-order valence-corrected chi connectivity index (χ2v) is 11.9. The van der Waals surface area contributed by atoms with Gasteiger partial charge < -0.3 is 20.0 Å². The molecule has 4 amide bonds. The standard InChI is InChI=1S/C29H40N6O4/c36-26-4-3-25(27(37)31-26)35-28(38)23-2-1-22(17-24(23)29(35)39)34-11-7-21(8-12-34)19-33-15-13-32(14-16-33)18-20-5-9-30-10-6-20/h1-2,17,20-21,25,30H,3-16,18-19H2,(H,31,36,37). The van der Waals surface area contributed by atoms with Gasteiger partial charge in [-0.1, -0.05) is 0 Å². The average Bonchev–Trinajstić information content (AvgIpc) is 3.20. The van der Waals surface area contributed by atoms with Crippen LogP contribution in [0.3, 0.4) is 0 Å². The number of amides is 4. The summed E-state index contributed by atoms with van der Waals surface area (Å²) in [7, 11) is 0. The molecule has 0 spiro atoms. The molecule has 0 bridgehead atoms. The van der Waals surface area contributed by atoms with Gasteiger partial charge in [0.2, 0.25) is 11.8 Å². The summed E-state index contributed by atoms with van der Waals surface area (Å²) in [6.45, 7) is 11.3. The van der Waals surface area contributed by atoms with Crippen LogP contribution in [0.25, 0.3) is 0 Å². The Morgan fingerprint density at radius 2 is 1.33 bits per heavy atom. The van der Waals surface area contributed by atoms with Crippen molar-refractivity contribution in [2.75, 3.05) is 70.3 Å². The van der Waals surface area contributed by atoms with Crippen LogP contribution in [0.4, 0.5) is 5.69 Å². The summed E-state index contributed by atoms with van der Waals surface area (Å²) in [5.41, 5.74) is 1.64. The number of anilines is 1. The fraction of sp³-hybridized carbons (Fsp3) is 0.655. The van der Waals surface area contributed by atoms with E-state index in [9.17, 15) is 19.2 Å². The van der Waals surface area contributed by atoms with Crippen molar-refractivity contribution in [2.45, 2.75) is 44.6 Å². The average molecular weight is 537 g/mol. The number of rotatable bonds is 6. The number of hydrogen-bond donors (Lipinski definition) is 2. The van der Waals surface area contributed by atoms with Crippen molar-refractivity contribution >= 4 is 29.3 Å². The van der Waals surface area contributed by atoms with Crippen molar-refractivity contribution in [1.82, 2.24) is 25.3 Å². The summed E-state index contributed by atoms with van der Waals surface area (Å²) in [5, 5.41) is 5.72. The highest BCUT2D eigenvalue weighted by molar-refractivity contribution is 6.23. The molecular formula is C29H40N6O4. The van der Waals surface area contributed by atoms with E-state index in [2.05, 4.69) is 25.3 Å². The van der Waals surface area contributed by atoms with E-state index >= 15 is 0 Å². The molecule has 1 aromatic carbocycles. The smallest absolute Gasteiger partial charge is 0.262 e. The van der Waals surface area contributed by atoms with E-state index in [-0.39, 0.29) is 18.7 Å². The van der Waals surface area contributed by atoms with Gasteiger partial charge in [0.1, 0.15) is 6.04 Å². The third-order valence-electron chi connectivity index (χ3n) is 9.36. The van der Waals surface area contributed by atoms with Gasteiger partial charge in [-0.05, 0) is 75.2 Å². The molecule has 39 heavy (non-hydrogen) atoms. The maximum Gasteiger partial charge on any atom is 0.262 e. The van der Waals surface area contributed by atoms with Crippen LogP contribution in [-0.2, 0) is 9.59 Å². The highest BCUT2D eigenvalue weighted by Gasteiger charge is 2.44. The summed E-state index contributed by atoms with van der Waals surface area (Å²) >= 11 is 0. The van der Waals surface area contributed by atoms with Crippen molar-refractivity contribution < 1.29 is 19.2 Å². The number of piperazine rings is 1. The molecule has 2 N–H and O–H groups in total. The molecule has 5 aliphatic rings. The molecule has 0 aromatic heterocycles. The van der Waals surface area contributed by atoms with Gasteiger partial charge in [-0.3, -0.25) is 29.4 Å². The number of benzene rings is 1. The first-order valence-corrected chi connectivity index (χ1v) is 14.7. The largest absolute Gasteiger partial charge is 0.371 e. The van der Waals surface area contributed by atoms with E-state index in [0.29, 0.717) is 17.0 Å². The van der Waals surface area contributed by atoms with Gasteiger partial charge in [0, 0.05) is 64.5 Å². The number of hydrogen-bond acceptors (Lipinski definition) is 8. The molecule has 10 heteroatoms. The Bertz CT molecular complexity index is 1120. The number of carbonyl (C=O) groups is 4. The van der Waals surface area contributed by atoms with Crippen LogP contribution in [0.15, 0.2) is 18.2 Å². The van der Waals surface area contributed by atoms with Crippen LogP contribution in [0.2, 0.25) is 0 Å². The number of carbonyl (C=O) groups excluding carboxylic acids is 4. The lowest BCUT2D eigenvalue weighted by atomic mass is 9.95. The zero-order valence-corrected chi connectivity index (χ0v) is 22.7. The Morgan fingerprint density at radius 3 is 1.97 bits per heavy atom. The van der Waals surface area contributed by atoms with E-state index in [1.54, 1.807) is 6.07 Å². The number of imide groups is 2. The second-order valence-electron chi connectivity index (χ2n) is 11.9. The first-order chi connectivity index (χ1) is 19.0. The first kappa shape index (κ1) is 26.4. The van der Waals surface area contributed by atoms with E-state index in [1.807, 2.05) is 12.1 Å². The highest BCUT2D eigenvalue weighted by atomic mass is 16.2. The zero-order valence-electron chi connectivity index (χ0n) is 22.7. The predicted molar refractivity (Wildman–Crippen MR) is 147 cm³/mol. The molecule has 210 valence electrons. The molecule has 4 fully saturated rings. The summed E-state index contributed by atoms with van der Waals surface area (Å²) in [6.07, 6.45) is 5.14. The Kier molecular flexibility index (Phi) is 7.68. The summed E-state index contributed by atoms with van der Waals surface area (Å²) in [4.78, 5) is 58.7. The third-order valence-corrected chi connectivity index (χ3v) is 9.36. The Hall–Kier alpha value is -2.82. The van der Waals surface area contributed by atoms with Crippen molar-refractivity contribution in [1.29, 1.82) is 0 Å². The molecule has 0 saturated carbocycles. The maximum atomic E-state index is 13.2. The fourth-order valence-electron chi connectivity index (χ4n) is 6.98. The van der Waals surface area contributed by atoms with Gasteiger partial charge in [-0.25, -0.2) is 0 Å². The van der Waals surface area contributed by atoms with Crippen LogP contribution < -0.4 is 15.5 Å². The predicted octanol–water partition coefficient (Wildman–Crippen LogP) is 0.921. The number of nitrogens with one attached hydrogen (secondary N) is 2. The van der Waals surface area contributed by atoms with Crippen LogP contribution in [0.5, 0.6) is 0 Å². The minimum atomic E-state index is -0.930. The van der Waals surface area contributed by atoms with Crippen molar-refractivity contribution in [3.8, 4) is 0 Å². The fourth-order valence-corrected chi connectivity index (χ4v) is 6.98. The molecule has 4 saturated heterocycles. The van der Waals surface area contributed by atoms with Crippen molar-refractivity contribution in [2.24, 2.45) is 11.8 Å². The van der Waals surface area contributed by atoms with E-state index in [0.717, 1.165) is 62.1 Å². The highest BCUT2D eigenvalue weighted by Crippen LogP contribution is 2.32. The van der Waals surface area contributed by atoms with E-state index < -0.39 is 23.8 Å². The van der Waals surface area contributed by atoms with Gasteiger partial charge >= 0.3 is 0 Å². The normalized spacial score (nSPS) is 26.3. The second kappa shape index (κ2) is 11.3. The van der Waals surface area contributed by atoms with Gasteiger partial charge in [0.05, 0.1) is 11.1 Å². The van der Waals surface area contributed by atoms with E-state index in [1.165, 1.54) is 45.6 Å². The topological polar surface area (TPSA) is 105 Å². The van der Waals surface area contributed by atoms with Crippen molar-refractivity contribution in [3.05, 3.63) is 29.3 Å². The molecule has 1 unspecified atom stereocenters. The van der Waals surface area contributed by atoms with Crippen LogP contribution in [0.1, 0.15) is 59.2 Å². The molecule has 1 atom stereocenters. The lowest BCUT2D eigenvalue weighted by molar-refractivity contribution is -0.136. The molecule has 5 aliphatic heterocycles. The summed E-state index contributed by atoms with van der Waals surface area (Å²) in [5.74, 6) is -0.307.